The zero-order valence-corrected chi connectivity index (χ0v) is 18.6. The first kappa shape index (κ1) is 23.9. The summed E-state index contributed by atoms with van der Waals surface area (Å²) in [5, 5.41) is 24.0. The Kier molecular flexibility index (Phi) is 8.39. The molecule has 4 atom stereocenters. The van der Waals surface area contributed by atoms with Gasteiger partial charge in [-0.25, -0.2) is 0 Å². The van der Waals surface area contributed by atoms with Gasteiger partial charge in [0.05, 0.1) is 6.61 Å². The molecule has 2 aromatic rings. The number of ether oxygens (including phenoxy) is 1. The molecule has 32 heavy (non-hydrogen) atoms. The third-order valence-corrected chi connectivity index (χ3v) is 5.96. The molecule has 0 radical (unpaired) electrons. The maximum absolute atomic E-state index is 12.6. The van der Waals surface area contributed by atoms with Crippen LogP contribution in [0.4, 0.5) is 0 Å². The second-order valence-corrected chi connectivity index (χ2v) is 8.20. The lowest BCUT2D eigenvalue weighted by Gasteiger charge is -2.40. The van der Waals surface area contributed by atoms with Gasteiger partial charge in [0, 0.05) is 12.6 Å². The van der Waals surface area contributed by atoms with Crippen LogP contribution in [0.3, 0.4) is 0 Å². The molecule has 3 rings (SSSR count). The first-order valence-electron chi connectivity index (χ1n) is 11.1. The van der Waals surface area contributed by atoms with Gasteiger partial charge in [-0.15, -0.1) is 0 Å². The molecule has 0 saturated carbocycles. The van der Waals surface area contributed by atoms with E-state index in [2.05, 4.69) is 5.32 Å². The molecule has 0 amide bonds. The van der Waals surface area contributed by atoms with Gasteiger partial charge in [-0.2, -0.15) is 0 Å². The number of carbonyl (C=O) groups excluding carboxylic acids is 1. The van der Waals surface area contributed by atoms with Crippen molar-refractivity contribution in [2.45, 2.75) is 64.0 Å². The van der Waals surface area contributed by atoms with Crippen molar-refractivity contribution in [3.05, 3.63) is 71.3 Å². The Morgan fingerprint density at radius 1 is 1.12 bits per heavy atom. The highest BCUT2D eigenvalue weighted by Crippen LogP contribution is 2.26. The number of aliphatic hydroxyl groups is 1. The average Bonchev–Trinajstić information content (AvgIpc) is 2.80. The van der Waals surface area contributed by atoms with Crippen LogP contribution in [-0.4, -0.2) is 58.0 Å². The third-order valence-electron chi connectivity index (χ3n) is 5.96. The normalized spacial score (nSPS) is 18.9. The topological polar surface area (TPSA) is 99.1 Å². The SMILES string of the molecule is CCOC(=O)C(CCc1ccccc1)NC(C)C(O)N1Cc2ccccc2CC1C(=O)O. The molecule has 4 unspecified atom stereocenters. The van der Waals surface area contributed by atoms with E-state index in [0.717, 1.165) is 16.7 Å². The van der Waals surface area contributed by atoms with E-state index in [1.807, 2.05) is 54.6 Å². The lowest BCUT2D eigenvalue weighted by molar-refractivity contribution is -0.153. The molecule has 0 spiro atoms. The van der Waals surface area contributed by atoms with Crippen LogP contribution in [0.1, 0.15) is 37.0 Å². The molecule has 7 nitrogen and oxygen atoms in total. The molecule has 1 aliphatic heterocycles. The number of nitrogens with one attached hydrogen (secondary N) is 1. The molecular weight excluding hydrogens is 408 g/mol. The highest BCUT2D eigenvalue weighted by molar-refractivity contribution is 5.76. The summed E-state index contributed by atoms with van der Waals surface area (Å²) in [4.78, 5) is 26.1. The average molecular weight is 441 g/mol. The van der Waals surface area contributed by atoms with Crippen LogP contribution in [-0.2, 0) is 33.7 Å². The van der Waals surface area contributed by atoms with Crippen LogP contribution in [0.5, 0.6) is 0 Å². The van der Waals surface area contributed by atoms with E-state index in [4.69, 9.17) is 4.74 Å². The zero-order chi connectivity index (χ0) is 23.1. The van der Waals surface area contributed by atoms with Crippen molar-refractivity contribution in [3.8, 4) is 0 Å². The summed E-state index contributed by atoms with van der Waals surface area (Å²) in [6, 6.07) is 15.5. The van der Waals surface area contributed by atoms with Gasteiger partial charge in [-0.05, 0) is 49.8 Å². The number of aliphatic hydroxyl groups excluding tert-OH is 1. The number of rotatable bonds is 10. The van der Waals surface area contributed by atoms with Gasteiger partial charge < -0.3 is 14.9 Å². The Hall–Kier alpha value is -2.74. The molecule has 0 bridgehead atoms. The summed E-state index contributed by atoms with van der Waals surface area (Å²) in [6.45, 7) is 4.11. The number of aryl methyl sites for hydroxylation is 1. The Labute approximate surface area is 189 Å². The van der Waals surface area contributed by atoms with Crippen LogP contribution in [0.15, 0.2) is 54.6 Å². The van der Waals surface area contributed by atoms with E-state index in [9.17, 15) is 19.8 Å². The fourth-order valence-electron chi connectivity index (χ4n) is 4.21. The van der Waals surface area contributed by atoms with Gasteiger partial charge in [0.15, 0.2) is 0 Å². The summed E-state index contributed by atoms with van der Waals surface area (Å²) < 4.78 is 5.23. The molecule has 0 fully saturated rings. The Morgan fingerprint density at radius 2 is 1.78 bits per heavy atom. The van der Waals surface area contributed by atoms with Gasteiger partial charge in [0.25, 0.3) is 0 Å². The minimum atomic E-state index is -1.09. The molecular formula is C25H32N2O5. The van der Waals surface area contributed by atoms with Gasteiger partial charge in [0.1, 0.15) is 18.3 Å². The summed E-state index contributed by atoms with van der Waals surface area (Å²) in [5.74, 6) is -1.35. The zero-order valence-electron chi connectivity index (χ0n) is 18.6. The minimum Gasteiger partial charge on any atom is -0.480 e. The fourth-order valence-corrected chi connectivity index (χ4v) is 4.21. The summed E-state index contributed by atoms with van der Waals surface area (Å²) in [6.07, 6.45) is 0.420. The molecule has 7 heteroatoms. The molecule has 1 aliphatic rings. The minimum absolute atomic E-state index is 0.267. The number of esters is 1. The van der Waals surface area contributed by atoms with Crippen molar-refractivity contribution in [2.24, 2.45) is 0 Å². The highest BCUT2D eigenvalue weighted by atomic mass is 16.5. The monoisotopic (exact) mass is 440 g/mol. The standard InChI is InChI=1S/C25H32N2O5/c1-3-32-25(31)21(14-13-18-9-5-4-6-10-18)26-17(2)23(28)27-16-20-12-8-7-11-19(20)15-22(27)24(29)30/h4-12,17,21-23,26,28H,3,13-16H2,1-2H3,(H,29,30). The van der Waals surface area contributed by atoms with Gasteiger partial charge in [-0.3, -0.25) is 19.8 Å². The van der Waals surface area contributed by atoms with E-state index in [0.29, 0.717) is 25.8 Å². The van der Waals surface area contributed by atoms with Crippen LogP contribution < -0.4 is 5.32 Å². The summed E-state index contributed by atoms with van der Waals surface area (Å²) in [7, 11) is 0. The summed E-state index contributed by atoms with van der Waals surface area (Å²) >= 11 is 0. The number of carboxylic acids is 1. The number of benzene rings is 2. The Bertz CT molecular complexity index is 904. The van der Waals surface area contributed by atoms with Crippen molar-refractivity contribution < 1.29 is 24.5 Å². The second-order valence-electron chi connectivity index (χ2n) is 8.20. The lowest BCUT2D eigenvalue weighted by atomic mass is 9.93. The first-order chi connectivity index (χ1) is 15.4. The molecule has 172 valence electrons. The van der Waals surface area contributed by atoms with Crippen molar-refractivity contribution in [3.63, 3.8) is 0 Å². The van der Waals surface area contributed by atoms with Crippen LogP contribution in [0, 0.1) is 0 Å². The Balaban J connectivity index is 1.71. The Morgan fingerprint density at radius 3 is 2.44 bits per heavy atom. The van der Waals surface area contributed by atoms with Gasteiger partial charge >= 0.3 is 11.9 Å². The molecule has 3 N–H and O–H groups in total. The number of hydrogen-bond acceptors (Lipinski definition) is 6. The lowest BCUT2D eigenvalue weighted by Crippen LogP contribution is -2.58. The summed E-state index contributed by atoms with van der Waals surface area (Å²) in [5.41, 5.74) is 3.09. The first-order valence-corrected chi connectivity index (χ1v) is 11.1. The largest absolute Gasteiger partial charge is 0.480 e. The van der Waals surface area contributed by atoms with E-state index in [1.165, 1.54) is 0 Å². The quantitative estimate of drug-likeness (QED) is 0.488. The number of hydrogen-bond donors (Lipinski definition) is 3. The molecule has 0 saturated heterocycles. The maximum Gasteiger partial charge on any atom is 0.323 e. The van der Waals surface area contributed by atoms with Crippen LogP contribution in [0.25, 0.3) is 0 Å². The van der Waals surface area contributed by atoms with Crippen molar-refractivity contribution >= 4 is 11.9 Å². The van der Waals surface area contributed by atoms with Crippen molar-refractivity contribution in [1.82, 2.24) is 10.2 Å². The molecule has 2 aromatic carbocycles. The highest BCUT2D eigenvalue weighted by Gasteiger charge is 2.38. The number of nitrogens with zero attached hydrogens (tertiary/aromatic N) is 1. The van der Waals surface area contributed by atoms with E-state index >= 15 is 0 Å². The van der Waals surface area contributed by atoms with E-state index in [1.54, 1.807) is 18.7 Å². The predicted octanol–water partition coefficient (Wildman–Crippen LogP) is 2.36. The van der Waals surface area contributed by atoms with E-state index in [-0.39, 0.29) is 12.6 Å². The number of fused-ring (bicyclic) bond motifs is 1. The number of aliphatic carboxylic acids is 1. The fraction of sp³-hybridized carbons (Fsp3) is 0.440. The predicted molar refractivity (Wildman–Crippen MR) is 121 cm³/mol. The smallest absolute Gasteiger partial charge is 0.323 e. The molecule has 1 heterocycles. The van der Waals surface area contributed by atoms with E-state index < -0.39 is 30.3 Å². The molecule has 0 aromatic heterocycles. The number of carbonyl (C=O) groups is 2. The second kappa shape index (κ2) is 11.2. The van der Waals surface area contributed by atoms with Gasteiger partial charge in [-0.1, -0.05) is 54.6 Å². The number of carboxylic acid groups (broad SMARTS) is 1. The van der Waals surface area contributed by atoms with Crippen molar-refractivity contribution in [1.29, 1.82) is 0 Å². The van der Waals surface area contributed by atoms with Crippen LogP contribution in [0.2, 0.25) is 0 Å². The van der Waals surface area contributed by atoms with Crippen molar-refractivity contribution in [2.75, 3.05) is 6.61 Å². The molecule has 0 aliphatic carbocycles. The third kappa shape index (κ3) is 5.94. The maximum atomic E-state index is 12.6. The van der Waals surface area contributed by atoms with Gasteiger partial charge in [0.2, 0.25) is 0 Å². The van der Waals surface area contributed by atoms with Crippen LogP contribution >= 0.6 is 0 Å².